The van der Waals surface area contributed by atoms with Gasteiger partial charge in [-0.3, -0.25) is 14.2 Å². The summed E-state index contributed by atoms with van der Waals surface area (Å²) in [4.78, 5) is 51.5. The van der Waals surface area contributed by atoms with Crippen LogP contribution in [0.15, 0.2) is 77.7 Å². The summed E-state index contributed by atoms with van der Waals surface area (Å²) in [5, 5.41) is 8.92. The number of amides is 2. The molecule has 0 spiro atoms. The van der Waals surface area contributed by atoms with E-state index in [1.165, 1.54) is 16.8 Å². The van der Waals surface area contributed by atoms with Gasteiger partial charge in [-0.25, -0.2) is 9.78 Å². The number of benzene rings is 3. The van der Waals surface area contributed by atoms with E-state index >= 15 is 0 Å². The third-order valence-corrected chi connectivity index (χ3v) is 7.45. The number of halogens is 3. The SMILES string of the molecule is Cc1ccc(NC(=O)c2cccc(C(F)(F)F)c2)cc1-n1c(C)c2cnc(Nc3cccc(NC(=O)C(N)C(C)C)c3)nc2nc1=O. The number of rotatable bonds is 8. The van der Waals surface area contributed by atoms with Crippen LogP contribution in [0.1, 0.15) is 41.0 Å². The zero-order valence-corrected chi connectivity index (χ0v) is 25.8. The van der Waals surface area contributed by atoms with Crippen molar-refractivity contribution < 1.29 is 22.8 Å². The zero-order valence-electron chi connectivity index (χ0n) is 25.8. The van der Waals surface area contributed by atoms with Crippen molar-refractivity contribution in [2.45, 2.75) is 39.9 Å². The molecule has 1 unspecified atom stereocenters. The Balaban J connectivity index is 1.40. The minimum absolute atomic E-state index is 0.0328. The minimum atomic E-state index is -4.60. The summed E-state index contributed by atoms with van der Waals surface area (Å²) in [6.45, 7) is 7.18. The second-order valence-corrected chi connectivity index (χ2v) is 11.2. The second kappa shape index (κ2) is 13.0. The predicted octanol–water partition coefficient (Wildman–Crippen LogP) is 5.73. The van der Waals surface area contributed by atoms with Crippen LogP contribution in [0.25, 0.3) is 16.7 Å². The van der Waals surface area contributed by atoms with E-state index in [0.29, 0.717) is 33.7 Å². The largest absolute Gasteiger partial charge is 0.416 e. The monoisotopic (exact) mass is 644 g/mol. The molecule has 0 radical (unpaired) electrons. The number of alkyl halides is 3. The molecular formula is C33H31F3N8O3. The van der Waals surface area contributed by atoms with Gasteiger partial charge in [-0.2, -0.15) is 23.1 Å². The third kappa shape index (κ3) is 7.28. The molecule has 0 saturated heterocycles. The van der Waals surface area contributed by atoms with E-state index in [9.17, 15) is 27.6 Å². The molecule has 0 aliphatic carbocycles. The molecule has 14 heteroatoms. The molecule has 2 aromatic heterocycles. The first kappa shape index (κ1) is 32.8. The molecular weight excluding hydrogens is 613 g/mol. The molecule has 2 amide bonds. The van der Waals surface area contributed by atoms with Gasteiger partial charge >= 0.3 is 11.9 Å². The van der Waals surface area contributed by atoms with Crippen molar-refractivity contribution in [1.82, 2.24) is 19.5 Å². The first-order valence-corrected chi connectivity index (χ1v) is 14.5. The number of anilines is 4. The highest BCUT2D eigenvalue weighted by Crippen LogP contribution is 2.30. The van der Waals surface area contributed by atoms with Crippen LogP contribution >= 0.6 is 0 Å². The van der Waals surface area contributed by atoms with Gasteiger partial charge in [-0.15, -0.1) is 0 Å². The number of aryl methyl sites for hydroxylation is 2. The van der Waals surface area contributed by atoms with Crippen LogP contribution in [-0.4, -0.2) is 37.4 Å². The molecule has 11 nitrogen and oxygen atoms in total. The van der Waals surface area contributed by atoms with Crippen molar-refractivity contribution in [2.75, 3.05) is 16.0 Å². The Labute approximate surface area is 267 Å². The van der Waals surface area contributed by atoms with Crippen LogP contribution in [0.5, 0.6) is 0 Å². The minimum Gasteiger partial charge on any atom is -0.325 e. The fourth-order valence-corrected chi connectivity index (χ4v) is 4.76. The van der Waals surface area contributed by atoms with Gasteiger partial charge in [0, 0.05) is 34.5 Å². The number of nitrogens with two attached hydrogens (primary N) is 1. The van der Waals surface area contributed by atoms with Gasteiger partial charge in [0.25, 0.3) is 5.91 Å². The van der Waals surface area contributed by atoms with E-state index < -0.39 is 29.4 Å². The van der Waals surface area contributed by atoms with Gasteiger partial charge in [-0.1, -0.05) is 32.0 Å². The summed E-state index contributed by atoms with van der Waals surface area (Å²) in [5.41, 5.74) is 7.24. The molecule has 3 aromatic carbocycles. The van der Waals surface area contributed by atoms with Gasteiger partial charge in [-0.05, 0) is 73.9 Å². The Bertz CT molecular complexity index is 2060. The first-order valence-electron chi connectivity index (χ1n) is 14.5. The Morgan fingerprint density at radius 1 is 0.894 bits per heavy atom. The van der Waals surface area contributed by atoms with Crippen molar-refractivity contribution in [2.24, 2.45) is 11.7 Å². The van der Waals surface area contributed by atoms with Crippen molar-refractivity contribution >= 4 is 45.9 Å². The molecule has 0 saturated carbocycles. The quantitative estimate of drug-likeness (QED) is 0.167. The molecule has 0 fully saturated rings. The molecule has 5 rings (SSSR count). The first-order chi connectivity index (χ1) is 22.2. The average Bonchev–Trinajstić information content (AvgIpc) is 3.01. The number of nitrogens with zero attached hydrogens (tertiary/aromatic N) is 4. The van der Waals surface area contributed by atoms with Gasteiger partial charge in [0.2, 0.25) is 11.9 Å². The number of hydrogen-bond donors (Lipinski definition) is 4. The lowest BCUT2D eigenvalue weighted by molar-refractivity contribution is -0.137. The fraction of sp³-hybridized carbons (Fsp3) is 0.212. The summed E-state index contributed by atoms with van der Waals surface area (Å²) in [7, 11) is 0. The lowest BCUT2D eigenvalue weighted by atomic mass is 10.0. The number of hydrogen-bond acceptors (Lipinski definition) is 8. The van der Waals surface area contributed by atoms with Crippen LogP contribution in [0.4, 0.5) is 36.2 Å². The van der Waals surface area contributed by atoms with Crippen LogP contribution in [0.2, 0.25) is 0 Å². The Morgan fingerprint density at radius 2 is 1.60 bits per heavy atom. The van der Waals surface area contributed by atoms with Crippen LogP contribution in [-0.2, 0) is 11.0 Å². The Morgan fingerprint density at radius 3 is 2.32 bits per heavy atom. The highest BCUT2D eigenvalue weighted by Gasteiger charge is 2.31. The fourth-order valence-electron chi connectivity index (χ4n) is 4.76. The van der Waals surface area contributed by atoms with Crippen LogP contribution < -0.4 is 27.4 Å². The molecule has 5 aromatic rings. The lowest BCUT2D eigenvalue weighted by Crippen LogP contribution is -2.39. The van der Waals surface area contributed by atoms with E-state index in [4.69, 9.17) is 5.73 Å². The number of fused-ring (bicyclic) bond motifs is 1. The Hall–Kier alpha value is -5.63. The summed E-state index contributed by atoms with van der Waals surface area (Å²) in [6, 6.07) is 15.1. The number of carbonyl (C=O) groups is 2. The lowest BCUT2D eigenvalue weighted by Gasteiger charge is -2.16. The normalized spacial score (nSPS) is 12.2. The number of nitrogens with one attached hydrogen (secondary N) is 3. The van der Waals surface area contributed by atoms with Crippen LogP contribution in [0.3, 0.4) is 0 Å². The van der Waals surface area contributed by atoms with E-state index in [1.807, 2.05) is 13.8 Å². The third-order valence-electron chi connectivity index (χ3n) is 7.45. The molecule has 0 aliphatic rings. The van der Waals surface area contributed by atoms with E-state index in [1.54, 1.807) is 56.3 Å². The molecule has 5 N–H and O–H groups in total. The maximum atomic E-state index is 13.3. The topological polar surface area (TPSA) is 157 Å². The van der Waals surface area contributed by atoms with Crippen molar-refractivity contribution in [3.8, 4) is 5.69 Å². The molecule has 1 atom stereocenters. The molecule has 0 bridgehead atoms. The standard InChI is InChI=1S/C33H31F3N8O3/c1-17(2)27(37)30(46)40-22-9-6-10-23(14-22)41-31-38-16-25-19(4)44(32(47)43-28(25)42-31)26-15-24(12-11-18(26)3)39-29(45)20-7-5-8-21(13-20)33(34,35)36/h5-17,27H,37H2,1-4H3,(H,39,45)(H,40,46)(H,41,42,43,47). The maximum Gasteiger partial charge on any atom is 0.416 e. The van der Waals surface area contributed by atoms with Crippen molar-refractivity contribution in [3.63, 3.8) is 0 Å². The highest BCUT2D eigenvalue weighted by molar-refractivity contribution is 6.04. The number of carbonyl (C=O) groups excluding carboxylic acids is 2. The summed E-state index contributed by atoms with van der Waals surface area (Å²) >= 11 is 0. The maximum absolute atomic E-state index is 13.3. The van der Waals surface area contributed by atoms with E-state index in [2.05, 4.69) is 30.9 Å². The van der Waals surface area contributed by atoms with Gasteiger partial charge in [0.1, 0.15) is 0 Å². The predicted molar refractivity (Wildman–Crippen MR) is 173 cm³/mol. The highest BCUT2D eigenvalue weighted by atomic mass is 19.4. The number of aromatic nitrogens is 4. The summed E-state index contributed by atoms with van der Waals surface area (Å²) in [6.07, 6.45) is -3.08. The van der Waals surface area contributed by atoms with Gasteiger partial charge < -0.3 is 21.7 Å². The van der Waals surface area contributed by atoms with Gasteiger partial charge in [0.05, 0.1) is 22.7 Å². The van der Waals surface area contributed by atoms with Crippen molar-refractivity contribution in [3.05, 3.63) is 106 Å². The second-order valence-electron chi connectivity index (χ2n) is 11.2. The molecule has 47 heavy (non-hydrogen) atoms. The van der Waals surface area contributed by atoms with Gasteiger partial charge in [0.15, 0.2) is 5.65 Å². The van der Waals surface area contributed by atoms with Crippen LogP contribution in [0, 0.1) is 19.8 Å². The smallest absolute Gasteiger partial charge is 0.325 e. The summed E-state index contributed by atoms with van der Waals surface area (Å²) < 4.78 is 40.8. The molecule has 0 aliphatic heterocycles. The Kier molecular flexibility index (Phi) is 9.06. The summed E-state index contributed by atoms with van der Waals surface area (Å²) in [5.74, 6) is -0.921. The molecule has 242 valence electrons. The van der Waals surface area contributed by atoms with E-state index in [-0.39, 0.29) is 34.7 Å². The van der Waals surface area contributed by atoms with Crippen molar-refractivity contribution in [1.29, 1.82) is 0 Å². The molecule has 2 heterocycles. The van der Waals surface area contributed by atoms with E-state index in [0.717, 1.165) is 18.2 Å². The average molecular weight is 645 g/mol. The zero-order chi connectivity index (χ0) is 34.0.